The van der Waals surface area contributed by atoms with E-state index in [1.54, 1.807) is 12.1 Å². The molecule has 2 aromatic rings. The molecule has 2 rings (SSSR count). The summed E-state index contributed by atoms with van der Waals surface area (Å²) in [4.78, 5) is 11.0. The molecule has 3 nitrogen and oxygen atoms in total. The molecule has 0 unspecified atom stereocenters. The first-order valence-corrected chi connectivity index (χ1v) is 5.43. The minimum Gasteiger partial charge on any atom is -0.381 e. The van der Waals surface area contributed by atoms with E-state index in [4.69, 9.17) is 5.73 Å². The summed E-state index contributed by atoms with van der Waals surface area (Å²) in [5.74, 6) is -0.409. The number of hydrogen-bond acceptors (Lipinski definition) is 2. The van der Waals surface area contributed by atoms with Crippen LogP contribution in [0.1, 0.15) is 15.9 Å². The van der Waals surface area contributed by atoms with E-state index in [0.29, 0.717) is 5.56 Å². The lowest BCUT2D eigenvalue weighted by molar-refractivity contribution is 0.100. The molecule has 3 N–H and O–H groups in total. The minimum atomic E-state index is -0.409. The van der Waals surface area contributed by atoms with Crippen molar-refractivity contribution >= 4 is 11.6 Å². The number of carbonyl (C=O) groups is 1. The van der Waals surface area contributed by atoms with Crippen molar-refractivity contribution < 1.29 is 4.79 Å². The molecular formula is C14H14N2O. The molecule has 3 heteroatoms. The Kier molecular flexibility index (Phi) is 3.40. The molecule has 86 valence electrons. The molecular weight excluding hydrogens is 212 g/mol. The molecule has 0 saturated heterocycles. The number of nitrogens with one attached hydrogen (secondary N) is 1. The number of nitrogens with two attached hydrogens (primary N) is 1. The fourth-order valence-corrected chi connectivity index (χ4v) is 1.58. The molecule has 0 aliphatic heterocycles. The van der Waals surface area contributed by atoms with Crippen LogP contribution in [0.15, 0.2) is 54.6 Å². The number of carbonyl (C=O) groups excluding carboxylic acids is 1. The van der Waals surface area contributed by atoms with E-state index in [1.165, 1.54) is 5.56 Å². The van der Waals surface area contributed by atoms with E-state index in [-0.39, 0.29) is 0 Å². The summed E-state index contributed by atoms with van der Waals surface area (Å²) in [6.45, 7) is 0.725. The predicted molar refractivity (Wildman–Crippen MR) is 68.7 cm³/mol. The minimum absolute atomic E-state index is 0.409. The molecule has 0 aliphatic rings. The molecule has 0 atom stereocenters. The summed E-state index contributed by atoms with van der Waals surface area (Å²) >= 11 is 0. The molecule has 0 heterocycles. The lowest BCUT2D eigenvalue weighted by atomic mass is 10.2. The van der Waals surface area contributed by atoms with Crippen molar-refractivity contribution in [3.63, 3.8) is 0 Å². The summed E-state index contributed by atoms with van der Waals surface area (Å²) in [6.07, 6.45) is 0. The smallest absolute Gasteiger partial charge is 0.248 e. The summed E-state index contributed by atoms with van der Waals surface area (Å²) in [7, 11) is 0. The number of amides is 1. The third-order valence-electron chi connectivity index (χ3n) is 2.49. The van der Waals surface area contributed by atoms with Crippen molar-refractivity contribution in [1.82, 2.24) is 0 Å². The van der Waals surface area contributed by atoms with Crippen LogP contribution in [0.2, 0.25) is 0 Å². The monoisotopic (exact) mass is 226 g/mol. The van der Waals surface area contributed by atoms with E-state index < -0.39 is 5.91 Å². The van der Waals surface area contributed by atoms with Crippen LogP contribution < -0.4 is 11.1 Å². The van der Waals surface area contributed by atoms with Gasteiger partial charge in [0, 0.05) is 17.8 Å². The van der Waals surface area contributed by atoms with Crippen molar-refractivity contribution in [3.8, 4) is 0 Å². The summed E-state index contributed by atoms with van der Waals surface area (Å²) in [6, 6.07) is 17.3. The second-order valence-electron chi connectivity index (χ2n) is 3.78. The number of hydrogen-bond donors (Lipinski definition) is 2. The summed E-state index contributed by atoms with van der Waals surface area (Å²) in [5, 5.41) is 3.25. The Bertz CT molecular complexity index is 509. The second kappa shape index (κ2) is 5.16. The van der Waals surface area contributed by atoms with Crippen molar-refractivity contribution in [2.24, 2.45) is 5.73 Å². The zero-order valence-electron chi connectivity index (χ0n) is 9.39. The van der Waals surface area contributed by atoms with Gasteiger partial charge in [0.1, 0.15) is 0 Å². The SMILES string of the molecule is NC(=O)c1cccc(NCc2ccccc2)c1. The van der Waals surface area contributed by atoms with Gasteiger partial charge in [-0.25, -0.2) is 0 Å². The Balaban J connectivity index is 2.04. The Morgan fingerprint density at radius 2 is 1.82 bits per heavy atom. The lowest BCUT2D eigenvalue weighted by Crippen LogP contribution is -2.11. The van der Waals surface area contributed by atoms with Gasteiger partial charge in [0.2, 0.25) is 5.91 Å². The molecule has 0 spiro atoms. The first-order valence-electron chi connectivity index (χ1n) is 5.43. The van der Waals surface area contributed by atoms with Crippen LogP contribution in [0.4, 0.5) is 5.69 Å². The maximum absolute atomic E-state index is 11.0. The van der Waals surface area contributed by atoms with Gasteiger partial charge in [0.15, 0.2) is 0 Å². The average molecular weight is 226 g/mol. The van der Waals surface area contributed by atoms with Crippen LogP contribution in [-0.4, -0.2) is 5.91 Å². The van der Waals surface area contributed by atoms with Crippen LogP contribution in [-0.2, 0) is 6.54 Å². The molecule has 17 heavy (non-hydrogen) atoms. The van der Waals surface area contributed by atoms with Gasteiger partial charge in [0.05, 0.1) is 0 Å². The highest BCUT2D eigenvalue weighted by Crippen LogP contribution is 2.11. The number of anilines is 1. The molecule has 0 bridgehead atoms. The van der Waals surface area contributed by atoms with Crippen LogP contribution in [0.25, 0.3) is 0 Å². The van der Waals surface area contributed by atoms with Gasteiger partial charge < -0.3 is 11.1 Å². The predicted octanol–water partition coefficient (Wildman–Crippen LogP) is 2.40. The zero-order valence-corrected chi connectivity index (χ0v) is 9.39. The third-order valence-corrected chi connectivity index (χ3v) is 2.49. The van der Waals surface area contributed by atoms with Gasteiger partial charge in [0.25, 0.3) is 0 Å². The number of primary amides is 1. The largest absolute Gasteiger partial charge is 0.381 e. The Hall–Kier alpha value is -2.29. The van der Waals surface area contributed by atoms with Crippen molar-refractivity contribution in [1.29, 1.82) is 0 Å². The molecule has 0 aliphatic carbocycles. The fourth-order valence-electron chi connectivity index (χ4n) is 1.58. The standard InChI is InChI=1S/C14H14N2O/c15-14(17)12-7-4-8-13(9-12)16-10-11-5-2-1-3-6-11/h1-9,16H,10H2,(H2,15,17). The van der Waals surface area contributed by atoms with Crippen LogP contribution in [0, 0.1) is 0 Å². The topological polar surface area (TPSA) is 55.1 Å². The number of benzene rings is 2. The van der Waals surface area contributed by atoms with E-state index in [0.717, 1.165) is 12.2 Å². The summed E-state index contributed by atoms with van der Waals surface area (Å²) in [5.41, 5.74) is 7.83. The highest BCUT2D eigenvalue weighted by molar-refractivity contribution is 5.93. The molecule has 0 fully saturated rings. The molecule has 0 aromatic heterocycles. The average Bonchev–Trinajstić information content (AvgIpc) is 2.38. The molecule has 2 aromatic carbocycles. The number of rotatable bonds is 4. The quantitative estimate of drug-likeness (QED) is 0.841. The second-order valence-corrected chi connectivity index (χ2v) is 3.78. The lowest BCUT2D eigenvalue weighted by Gasteiger charge is -2.07. The molecule has 1 amide bonds. The van der Waals surface area contributed by atoms with Crippen LogP contribution in [0.3, 0.4) is 0 Å². The normalized spacial score (nSPS) is 9.88. The summed E-state index contributed by atoms with van der Waals surface area (Å²) < 4.78 is 0. The maximum atomic E-state index is 11.0. The maximum Gasteiger partial charge on any atom is 0.248 e. The Morgan fingerprint density at radius 1 is 1.06 bits per heavy atom. The Labute approximate surface area is 100 Å². The molecule has 0 radical (unpaired) electrons. The first kappa shape index (κ1) is 11.2. The zero-order chi connectivity index (χ0) is 12.1. The van der Waals surface area contributed by atoms with Crippen LogP contribution in [0.5, 0.6) is 0 Å². The van der Waals surface area contributed by atoms with Gasteiger partial charge in [-0.1, -0.05) is 36.4 Å². The van der Waals surface area contributed by atoms with Crippen LogP contribution >= 0.6 is 0 Å². The van der Waals surface area contributed by atoms with Gasteiger partial charge in [-0.05, 0) is 23.8 Å². The van der Waals surface area contributed by atoms with Crippen molar-refractivity contribution in [2.75, 3.05) is 5.32 Å². The first-order chi connectivity index (χ1) is 8.25. The van der Waals surface area contributed by atoms with Gasteiger partial charge in [-0.2, -0.15) is 0 Å². The van der Waals surface area contributed by atoms with E-state index in [1.807, 2.05) is 42.5 Å². The van der Waals surface area contributed by atoms with E-state index in [2.05, 4.69) is 5.32 Å². The Morgan fingerprint density at radius 3 is 2.53 bits per heavy atom. The van der Waals surface area contributed by atoms with Crippen molar-refractivity contribution in [3.05, 3.63) is 65.7 Å². The van der Waals surface area contributed by atoms with E-state index in [9.17, 15) is 4.79 Å². The van der Waals surface area contributed by atoms with Gasteiger partial charge in [-0.3, -0.25) is 4.79 Å². The fraction of sp³-hybridized carbons (Fsp3) is 0.0714. The van der Waals surface area contributed by atoms with Crippen molar-refractivity contribution in [2.45, 2.75) is 6.54 Å². The highest BCUT2D eigenvalue weighted by atomic mass is 16.1. The third kappa shape index (κ3) is 3.08. The highest BCUT2D eigenvalue weighted by Gasteiger charge is 2.00. The van der Waals surface area contributed by atoms with Gasteiger partial charge >= 0.3 is 0 Å². The molecule has 0 saturated carbocycles. The van der Waals surface area contributed by atoms with E-state index >= 15 is 0 Å². The van der Waals surface area contributed by atoms with Gasteiger partial charge in [-0.15, -0.1) is 0 Å².